The fraction of sp³-hybridized carbons (Fsp3) is 0.200. The Morgan fingerprint density at radius 3 is 2.39 bits per heavy atom. The largest absolute Gasteiger partial charge is 0.323 e. The molecule has 2 atom stereocenters. The predicted molar refractivity (Wildman–Crippen MR) is 66.2 cm³/mol. The van der Waals surface area contributed by atoms with Crippen molar-refractivity contribution < 1.29 is 8.78 Å². The Kier molecular flexibility index (Phi) is 2.63. The topological polar surface area (TPSA) is 26.0 Å². The maximum atomic E-state index is 13.2. The van der Waals surface area contributed by atoms with Gasteiger partial charge in [-0.05, 0) is 35.2 Å². The minimum absolute atomic E-state index is 0.155. The van der Waals surface area contributed by atoms with Crippen molar-refractivity contribution in [2.24, 2.45) is 5.73 Å². The summed E-state index contributed by atoms with van der Waals surface area (Å²) in [5.41, 5.74) is 9.10. The van der Waals surface area contributed by atoms with Gasteiger partial charge >= 0.3 is 0 Å². The number of halogens is 2. The van der Waals surface area contributed by atoms with Gasteiger partial charge in [0.25, 0.3) is 0 Å². The SMILES string of the molecule is NC(c1cc(F)cc(F)c1)C1Cc2ccccc21. The summed E-state index contributed by atoms with van der Waals surface area (Å²) in [6.07, 6.45) is 0.871. The molecule has 2 aromatic rings. The Labute approximate surface area is 104 Å². The second-order valence-electron chi connectivity index (χ2n) is 4.74. The zero-order valence-corrected chi connectivity index (χ0v) is 9.74. The highest BCUT2D eigenvalue weighted by atomic mass is 19.1. The van der Waals surface area contributed by atoms with Crippen LogP contribution in [0, 0.1) is 11.6 Å². The first kappa shape index (κ1) is 11.4. The van der Waals surface area contributed by atoms with Gasteiger partial charge in [-0.15, -0.1) is 0 Å². The van der Waals surface area contributed by atoms with E-state index in [2.05, 4.69) is 6.07 Å². The molecule has 0 aliphatic heterocycles. The molecule has 2 N–H and O–H groups in total. The molecule has 0 aromatic heterocycles. The molecule has 2 aromatic carbocycles. The fourth-order valence-corrected chi connectivity index (χ4v) is 2.62. The molecule has 3 heteroatoms. The number of benzene rings is 2. The van der Waals surface area contributed by atoms with E-state index in [0.717, 1.165) is 12.5 Å². The fourth-order valence-electron chi connectivity index (χ4n) is 2.62. The molecule has 0 radical (unpaired) electrons. The van der Waals surface area contributed by atoms with Gasteiger partial charge in [-0.1, -0.05) is 24.3 Å². The maximum Gasteiger partial charge on any atom is 0.126 e. The van der Waals surface area contributed by atoms with Gasteiger partial charge < -0.3 is 5.73 Å². The standard InChI is InChI=1S/C15H13F2N/c16-11-5-10(6-12(17)8-11)15(18)14-7-9-3-1-2-4-13(9)14/h1-6,8,14-15H,7,18H2. The highest BCUT2D eigenvalue weighted by Crippen LogP contribution is 2.42. The quantitative estimate of drug-likeness (QED) is 0.863. The van der Waals surface area contributed by atoms with Crippen molar-refractivity contribution in [2.45, 2.75) is 18.4 Å². The van der Waals surface area contributed by atoms with Gasteiger partial charge in [0.1, 0.15) is 11.6 Å². The van der Waals surface area contributed by atoms with E-state index in [4.69, 9.17) is 5.73 Å². The van der Waals surface area contributed by atoms with Crippen LogP contribution in [0.4, 0.5) is 8.78 Å². The lowest BCUT2D eigenvalue weighted by molar-refractivity contribution is 0.491. The number of hydrogen-bond acceptors (Lipinski definition) is 1. The molecule has 0 fully saturated rings. The minimum atomic E-state index is -0.576. The zero-order chi connectivity index (χ0) is 12.7. The van der Waals surface area contributed by atoms with E-state index < -0.39 is 11.6 Å². The summed E-state index contributed by atoms with van der Waals surface area (Å²) in [5, 5.41) is 0. The average molecular weight is 245 g/mol. The summed E-state index contributed by atoms with van der Waals surface area (Å²) < 4.78 is 26.3. The molecule has 0 bridgehead atoms. The molecular weight excluding hydrogens is 232 g/mol. The van der Waals surface area contributed by atoms with Gasteiger partial charge in [0, 0.05) is 18.0 Å². The maximum absolute atomic E-state index is 13.2. The Hall–Kier alpha value is -1.74. The third-order valence-corrected chi connectivity index (χ3v) is 3.60. The lowest BCUT2D eigenvalue weighted by atomic mass is 9.72. The first-order valence-corrected chi connectivity index (χ1v) is 5.94. The molecule has 3 rings (SSSR count). The van der Waals surface area contributed by atoms with E-state index in [-0.39, 0.29) is 12.0 Å². The van der Waals surface area contributed by atoms with Crippen molar-refractivity contribution in [1.82, 2.24) is 0 Å². The molecule has 1 aliphatic carbocycles. The highest BCUT2D eigenvalue weighted by Gasteiger charge is 2.31. The molecule has 1 aliphatic rings. The molecule has 0 saturated carbocycles. The smallest absolute Gasteiger partial charge is 0.126 e. The number of nitrogens with two attached hydrogens (primary N) is 1. The first-order valence-electron chi connectivity index (χ1n) is 5.94. The van der Waals surface area contributed by atoms with Crippen molar-refractivity contribution in [3.05, 3.63) is 70.8 Å². The third kappa shape index (κ3) is 1.81. The van der Waals surface area contributed by atoms with Crippen LogP contribution in [0.1, 0.15) is 28.7 Å². The second kappa shape index (κ2) is 4.18. The van der Waals surface area contributed by atoms with E-state index in [0.29, 0.717) is 5.56 Å². The molecule has 2 unspecified atom stereocenters. The van der Waals surface area contributed by atoms with E-state index in [1.165, 1.54) is 23.3 Å². The zero-order valence-electron chi connectivity index (χ0n) is 9.74. The summed E-state index contributed by atoms with van der Waals surface area (Å²) in [6.45, 7) is 0. The minimum Gasteiger partial charge on any atom is -0.323 e. The third-order valence-electron chi connectivity index (χ3n) is 3.60. The summed E-state index contributed by atoms with van der Waals surface area (Å²) in [4.78, 5) is 0. The molecule has 1 nitrogen and oxygen atoms in total. The van der Waals surface area contributed by atoms with Gasteiger partial charge in [-0.25, -0.2) is 8.78 Å². The van der Waals surface area contributed by atoms with Crippen LogP contribution in [-0.2, 0) is 6.42 Å². The van der Waals surface area contributed by atoms with E-state index in [9.17, 15) is 8.78 Å². The van der Waals surface area contributed by atoms with Crippen molar-refractivity contribution in [1.29, 1.82) is 0 Å². The van der Waals surface area contributed by atoms with Gasteiger partial charge in [-0.2, -0.15) is 0 Å². The van der Waals surface area contributed by atoms with Crippen LogP contribution in [0.25, 0.3) is 0 Å². The second-order valence-corrected chi connectivity index (χ2v) is 4.74. The van der Waals surface area contributed by atoms with Gasteiger partial charge in [0.2, 0.25) is 0 Å². The number of rotatable bonds is 2. The monoisotopic (exact) mass is 245 g/mol. The van der Waals surface area contributed by atoms with Crippen LogP contribution in [0.2, 0.25) is 0 Å². The van der Waals surface area contributed by atoms with Crippen molar-refractivity contribution in [3.8, 4) is 0 Å². The summed E-state index contributed by atoms with van der Waals surface area (Å²) >= 11 is 0. The Morgan fingerprint density at radius 1 is 1.06 bits per heavy atom. The van der Waals surface area contributed by atoms with E-state index >= 15 is 0 Å². The van der Waals surface area contributed by atoms with Crippen LogP contribution < -0.4 is 5.73 Å². The highest BCUT2D eigenvalue weighted by molar-refractivity contribution is 5.43. The first-order chi connectivity index (χ1) is 8.65. The van der Waals surface area contributed by atoms with E-state index in [1.807, 2.05) is 18.2 Å². The lowest BCUT2D eigenvalue weighted by Crippen LogP contribution is -2.29. The van der Waals surface area contributed by atoms with Crippen LogP contribution in [0.5, 0.6) is 0 Å². The number of fused-ring (bicyclic) bond motifs is 1. The summed E-state index contributed by atoms with van der Waals surface area (Å²) in [5.74, 6) is -0.997. The Bertz CT molecular complexity index is 575. The molecular formula is C15H13F2N. The average Bonchev–Trinajstić information content (AvgIpc) is 2.29. The number of hydrogen-bond donors (Lipinski definition) is 1. The van der Waals surface area contributed by atoms with Gasteiger partial charge in [0.05, 0.1) is 0 Å². The normalized spacial score (nSPS) is 18.9. The van der Waals surface area contributed by atoms with Crippen LogP contribution in [0.3, 0.4) is 0 Å². The van der Waals surface area contributed by atoms with Crippen molar-refractivity contribution >= 4 is 0 Å². The van der Waals surface area contributed by atoms with Crippen LogP contribution in [-0.4, -0.2) is 0 Å². The predicted octanol–water partition coefficient (Wildman–Crippen LogP) is 3.30. The molecule has 0 heterocycles. The van der Waals surface area contributed by atoms with Gasteiger partial charge in [0.15, 0.2) is 0 Å². The van der Waals surface area contributed by atoms with Crippen LogP contribution in [0.15, 0.2) is 42.5 Å². The Balaban J connectivity index is 1.91. The Morgan fingerprint density at radius 2 is 1.72 bits per heavy atom. The molecule has 0 saturated heterocycles. The molecule has 0 spiro atoms. The van der Waals surface area contributed by atoms with Crippen LogP contribution >= 0.6 is 0 Å². The molecule has 0 amide bonds. The summed E-state index contributed by atoms with van der Waals surface area (Å²) in [6, 6.07) is 11.2. The van der Waals surface area contributed by atoms with Crippen molar-refractivity contribution in [2.75, 3.05) is 0 Å². The molecule has 18 heavy (non-hydrogen) atoms. The van der Waals surface area contributed by atoms with Gasteiger partial charge in [-0.3, -0.25) is 0 Å². The van der Waals surface area contributed by atoms with Crippen molar-refractivity contribution in [3.63, 3.8) is 0 Å². The summed E-state index contributed by atoms with van der Waals surface area (Å²) in [7, 11) is 0. The lowest BCUT2D eigenvalue weighted by Gasteiger charge is -2.34. The van der Waals surface area contributed by atoms with E-state index in [1.54, 1.807) is 0 Å². The molecule has 92 valence electrons.